The minimum absolute atomic E-state index is 0.0107. The van der Waals surface area contributed by atoms with Crippen LogP contribution in [-0.4, -0.2) is 52.9 Å². The SMILES string of the molecule is Cc1ccc(CNC(=O)NCC(=O)N(CC2CCC(=O)N2)C(C)C)cn1. The zero-order valence-electron chi connectivity index (χ0n) is 15.5. The number of rotatable bonds is 7. The number of aryl methyl sites for hydroxylation is 1. The third-order valence-electron chi connectivity index (χ3n) is 4.27. The summed E-state index contributed by atoms with van der Waals surface area (Å²) < 4.78 is 0. The quantitative estimate of drug-likeness (QED) is 0.665. The van der Waals surface area contributed by atoms with Gasteiger partial charge in [0.2, 0.25) is 11.8 Å². The maximum absolute atomic E-state index is 12.4. The molecule has 1 saturated heterocycles. The summed E-state index contributed by atoms with van der Waals surface area (Å²) in [4.78, 5) is 41.5. The lowest BCUT2D eigenvalue weighted by atomic mass is 10.2. The van der Waals surface area contributed by atoms with E-state index in [1.807, 2.05) is 32.9 Å². The van der Waals surface area contributed by atoms with Gasteiger partial charge >= 0.3 is 6.03 Å². The summed E-state index contributed by atoms with van der Waals surface area (Å²) in [6.45, 7) is 6.44. The van der Waals surface area contributed by atoms with E-state index in [-0.39, 0.29) is 30.4 Å². The van der Waals surface area contributed by atoms with E-state index in [0.29, 0.717) is 19.5 Å². The predicted molar refractivity (Wildman–Crippen MR) is 97.2 cm³/mol. The molecule has 0 aromatic carbocycles. The third kappa shape index (κ3) is 6.02. The summed E-state index contributed by atoms with van der Waals surface area (Å²) in [5, 5.41) is 8.15. The topological polar surface area (TPSA) is 103 Å². The van der Waals surface area contributed by atoms with E-state index in [0.717, 1.165) is 17.7 Å². The van der Waals surface area contributed by atoms with Crippen LogP contribution in [0.15, 0.2) is 18.3 Å². The first kappa shape index (κ1) is 19.7. The molecule has 8 nitrogen and oxygen atoms in total. The molecule has 26 heavy (non-hydrogen) atoms. The molecule has 0 aliphatic carbocycles. The monoisotopic (exact) mass is 361 g/mol. The second-order valence-corrected chi connectivity index (χ2v) is 6.79. The maximum atomic E-state index is 12.4. The van der Waals surface area contributed by atoms with Crippen LogP contribution in [0.2, 0.25) is 0 Å². The van der Waals surface area contributed by atoms with Crippen LogP contribution in [0, 0.1) is 6.92 Å². The Morgan fingerprint density at radius 2 is 2.12 bits per heavy atom. The predicted octanol–water partition coefficient (Wildman–Crippen LogP) is 0.705. The fourth-order valence-corrected chi connectivity index (χ4v) is 2.76. The van der Waals surface area contributed by atoms with Crippen LogP contribution in [0.3, 0.4) is 0 Å². The van der Waals surface area contributed by atoms with Crippen molar-refractivity contribution in [2.24, 2.45) is 0 Å². The molecule has 3 N–H and O–H groups in total. The van der Waals surface area contributed by atoms with Gasteiger partial charge in [0.15, 0.2) is 0 Å². The number of pyridine rings is 1. The van der Waals surface area contributed by atoms with Gasteiger partial charge in [-0.25, -0.2) is 4.79 Å². The summed E-state index contributed by atoms with van der Waals surface area (Å²) in [7, 11) is 0. The van der Waals surface area contributed by atoms with E-state index >= 15 is 0 Å². The molecule has 142 valence electrons. The van der Waals surface area contributed by atoms with Crippen LogP contribution in [-0.2, 0) is 16.1 Å². The number of nitrogens with zero attached hydrogens (tertiary/aromatic N) is 2. The van der Waals surface area contributed by atoms with Crippen molar-refractivity contribution in [3.63, 3.8) is 0 Å². The molecule has 4 amide bonds. The number of hydrogen-bond donors (Lipinski definition) is 3. The Balaban J connectivity index is 1.76. The van der Waals surface area contributed by atoms with Crippen molar-refractivity contribution >= 4 is 17.8 Å². The van der Waals surface area contributed by atoms with E-state index in [1.54, 1.807) is 11.1 Å². The van der Waals surface area contributed by atoms with Gasteiger partial charge in [-0.1, -0.05) is 6.07 Å². The van der Waals surface area contributed by atoms with E-state index in [1.165, 1.54) is 0 Å². The lowest BCUT2D eigenvalue weighted by Gasteiger charge is -2.29. The number of nitrogens with one attached hydrogen (secondary N) is 3. The number of carbonyl (C=O) groups excluding carboxylic acids is 3. The van der Waals surface area contributed by atoms with Crippen molar-refractivity contribution < 1.29 is 14.4 Å². The van der Waals surface area contributed by atoms with Crippen LogP contribution < -0.4 is 16.0 Å². The number of urea groups is 1. The highest BCUT2D eigenvalue weighted by Gasteiger charge is 2.26. The fraction of sp³-hybridized carbons (Fsp3) is 0.556. The van der Waals surface area contributed by atoms with Gasteiger partial charge in [-0.05, 0) is 38.8 Å². The Labute approximate surface area is 153 Å². The van der Waals surface area contributed by atoms with Crippen LogP contribution in [0.4, 0.5) is 4.79 Å². The van der Waals surface area contributed by atoms with Crippen LogP contribution in [0.5, 0.6) is 0 Å². The van der Waals surface area contributed by atoms with Crippen molar-refractivity contribution in [1.82, 2.24) is 25.8 Å². The molecule has 1 fully saturated rings. The summed E-state index contributed by atoms with van der Waals surface area (Å²) in [6, 6.07) is 3.34. The summed E-state index contributed by atoms with van der Waals surface area (Å²) in [5.41, 5.74) is 1.80. The molecule has 0 spiro atoms. The van der Waals surface area contributed by atoms with E-state index in [2.05, 4.69) is 20.9 Å². The van der Waals surface area contributed by atoms with Gasteiger partial charge in [-0.15, -0.1) is 0 Å². The van der Waals surface area contributed by atoms with Gasteiger partial charge < -0.3 is 20.9 Å². The van der Waals surface area contributed by atoms with Gasteiger partial charge in [0.05, 0.1) is 6.54 Å². The molecule has 1 aromatic heterocycles. The lowest BCUT2D eigenvalue weighted by molar-refractivity contribution is -0.132. The molecule has 1 atom stereocenters. The minimum Gasteiger partial charge on any atom is -0.352 e. The van der Waals surface area contributed by atoms with Gasteiger partial charge in [-0.2, -0.15) is 0 Å². The smallest absolute Gasteiger partial charge is 0.315 e. The number of hydrogen-bond acceptors (Lipinski definition) is 4. The molecular weight excluding hydrogens is 334 g/mol. The summed E-state index contributed by atoms with van der Waals surface area (Å²) >= 11 is 0. The fourth-order valence-electron chi connectivity index (χ4n) is 2.76. The molecule has 0 bridgehead atoms. The third-order valence-corrected chi connectivity index (χ3v) is 4.27. The summed E-state index contributed by atoms with van der Waals surface area (Å²) in [6.07, 6.45) is 2.93. The Hall–Kier alpha value is -2.64. The van der Waals surface area contributed by atoms with Crippen molar-refractivity contribution in [3.05, 3.63) is 29.6 Å². The van der Waals surface area contributed by atoms with E-state index in [9.17, 15) is 14.4 Å². The zero-order valence-corrected chi connectivity index (χ0v) is 15.5. The summed E-state index contributed by atoms with van der Waals surface area (Å²) in [5.74, 6) is -0.150. The second kappa shape index (κ2) is 9.17. The first-order chi connectivity index (χ1) is 12.3. The molecule has 0 radical (unpaired) electrons. The van der Waals surface area contributed by atoms with Crippen molar-refractivity contribution in [2.45, 2.75) is 52.2 Å². The maximum Gasteiger partial charge on any atom is 0.315 e. The lowest BCUT2D eigenvalue weighted by Crippen LogP contribution is -2.49. The van der Waals surface area contributed by atoms with Gasteiger partial charge in [0.1, 0.15) is 0 Å². The van der Waals surface area contributed by atoms with E-state index < -0.39 is 6.03 Å². The van der Waals surface area contributed by atoms with Crippen molar-refractivity contribution in [1.29, 1.82) is 0 Å². The molecule has 0 saturated carbocycles. The van der Waals surface area contributed by atoms with Crippen LogP contribution >= 0.6 is 0 Å². The van der Waals surface area contributed by atoms with Crippen LogP contribution in [0.1, 0.15) is 37.9 Å². The second-order valence-electron chi connectivity index (χ2n) is 6.79. The largest absolute Gasteiger partial charge is 0.352 e. The number of carbonyl (C=O) groups is 3. The Bertz CT molecular complexity index is 645. The first-order valence-electron chi connectivity index (χ1n) is 8.87. The Kier molecular flexibility index (Phi) is 6.94. The van der Waals surface area contributed by atoms with Gasteiger partial charge in [0, 0.05) is 43.5 Å². The zero-order chi connectivity index (χ0) is 19.1. The molecule has 8 heteroatoms. The molecule has 1 aromatic rings. The van der Waals surface area contributed by atoms with E-state index in [4.69, 9.17) is 0 Å². The highest BCUT2D eigenvalue weighted by atomic mass is 16.2. The average Bonchev–Trinajstić information content (AvgIpc) is 3.02. The standard InChI is InChI=1S/C18H27N5O3/c1-12(2)23(11-15-6-7-16(24)22-15)17(25)10-21-18(26)20-9-14-5-4-13(3)19-8-14/h4-5,8,12,15H,6-7,9-11H2,1-3H3,(H,22,24)(H2,20,21,26). The van der Waals surface area contributed by atoms with Gasteiger partial charge in [0.25, 0.3) is 0 Å². The molecular formula is C18H27N5O3. The molecule has 1 aliphatic heterocycles. The van der Waals surface area contributed by atoms with Gasteiger partial charge in [-0.3, -0.25) is 14.6 Å². The number of amides is 4. The molecule has 1 unspecified atom stereocenters. The Morgan fingerprint density at radius 1 is 1.35 bits per heavy atom. The first-order valence-corrected chi connectivity index (χ1v) is 8.87. The Morgan fingerprint density at radius 3 is 2.69 bits per heavy atom. The normalized spacial score (nSPS) is 16.3. The average molecular weight is 361 g/mol. The van der Waals surface area contributed by atoms with Crippen molar-refractivity contribution in [3.8, 4) is 0 Å². The molecule has 2 rings (SSSR count). The minimum atomic E-state index is -0.406. The number of aromatic nitrogens is 1. The van der Waals surface area contributed by atoms with Crippen LogP contribution in [0.25, 0.3) is 0 Å². The molecule has 1 aliphatic rings. The van der Waals surface area contributed by atoms with Crippen molar-refractivity contribution in [2.75, 3.05) is 13.1 Å². The molecule has 2 heterocycles. The highest BCUT2D eigenvalue weighted by Crippen LogP contribution is 2.10. The highest BCUT2D eigenvalue weighted by molar-refractivity contribution is 5.84.